The normalized spacial score (nSPS) is 14.5. The summed E-state index contributed by atoms with van der Waals surface area (Å²) in [6.45, 7) is 0. The summed E-state index contributed by atoms with van der Waals surface area (Å²) >= 11 is 0. The van der Waals surface area contributed by atoms with Crippen LogP contribution in [0.25, 0.3) is 0 Å². The number of rotatable bonds is 2. The van der Waals surface area contributed by atoms with E-state index in [1.54, 1.807) is 0 Å². The second-order valence-electron chi connectivity index (χ2n) is 2.11. The van der Waals surface area contributed by atoms with Crippen LogP contribution >= 0.6 is 0 Å². The monoisotopic (exact) mass is 185 g/mol. The van der Waals surface area contributed by atoms with Crippen molar-refractivity contribution in [1.82, 2.24) is 5.48 Å². The van der Waals surface area contributed by atoms with E-state index in [1.807, 2.05) is 0 Å². The predicted molar refractivity (Wildman–Crippen MR) is 40.0 cm³/mol. The van der Waals surface area contributed by atoms with Gasteiger partial charge in [-0.15, -0.1) is 0 Å². The summed E-state index contributed by atoms with van der Waals surface area (Å²) in [4.78, 5) is 25.7. The Kier molecular flexibility index (Phi) is 2.53. The van der Waals surface area contributed by atoms with Crippen LogP contribution in [-0.4, -0.2) is 24.2 Å². The molecule has 0 radical (unpaired) electrons. The quantitative estimate of drug-likeness (QED) is 0.566. The number of allylic oxidation sites excluding steroid dienone is 2. The summed E-state index contributed by atoms with van der Waals surface area (Å²) in [5.74, 6) is -2.12. The molecule has 0 bridgehead atoms. The van der Waals surface area contributed by atoms with Crippen molar-refractivity contribution in [2.24, 2.45) is 0 Å². The summed E-state index contributed by atoms with van der Waals surface area (Å²) in [5.41, 5.74) is 2.19. The minimum Gasteiger partial charge on any atom is -0.475 e. The van der Waals surface area contributed by atoms with Crippen LogP contribution in [0.5, 0.6) is 0 Å². The number of methoxy groups -OCH3 is 1. The molecule has 0 saturated heterocycles. The Morgan fingerprint density at radius 1 is 1.54 bits per heavy atom. The molecule has 0 aromatic carbocycles. The van der Waals surface area contributed by atoms with Crippen LogP contribution in [0.4, 0.5) is 0 Å². The molecular formula is C7H7NO5. The lowest BCUT2D eigenvalue weighted by Gasteiger charge is -2.13. The molecule has 0 spiro atoms. The summed E-state index contributed by atoms with van der Waals surface area (Å²) < 4.78 is 4.36. The fraction of sp³-hybridized carbons (Fsp3) is 0.143. The van der Waals surface area contributed by atoms with Crippen LogP contribution < -0.4 is 5.48 Å². The van der Waals surface area contributed by atoms with Gasteiger partial charge in [0.1, 0.15) is 0 Å². The summed E-state index contributed by atoms with van der Waals surface area (Å²) in [5, 5.41) is 8.44. The maximum atomic E-state index is 10.8. The number of carboxylic acid groups (broad SMARTS) is 1. The average molecular weight is 185 g/mol. The highest BCUT2D eigenvalue weighted by molar-refractivity contribution is 5.90. The Balaban J connectivity index is 2.76. The highest BCUT2D eigenvalue weighted by Gasteiger charge is 2.17. The molecular weight excluding hydrogens is 178 g/mol. The Bertz CT molecular complexity index is 304. The van der Waals surface area contributed by atoms with Gasteiger partial charge in [-0.3, -0.25) is 0 Å². The molecule has 1 aliphatic heterocycles. The van der Waals surface area contributed by atoms with E-state index >= 15 is 0 Å². The SMILES string of the molecule is COC(=O)C1=CC=C(C(=O)O)ON1. The smallest absolute Gasteiger partial charge is 0.374 e. The Morgan fingerprint density at radius 3 is 2.62 bits per heavy atom. The third-order valence-corrected chi connectivity index (χ3v) is 1.29. The molecule has 1 rings (SSSR count). The molecule has 0 aromatic rings. The van der Waals surface area contributed by atoms with Gasteiger partial charge in [-0.25, -0.2) is 15.1 Å². The van der Waals surface area contributed by atoms with Gasteiger partial charge in [0.05, 0.1) is 7.11 Å². The van der Waals surface area contributed by atoms with E-state index in [-0.39, 0.29) is 11.5 Å². The van der Waals surface area contributed by atoms with Crippen molar-refractivity contribution in [3.8, 4) is 0 Å². The Morgan fingerprint density at radius 2 is 2.23 bits per heavy atom. The van der Waals surface area contributed by atoms with Gasteiger partial charge in [-0.1, -0.05) is 0 Å². The van der Waals surface area contributed by atoms with Crippen molar-refractivity contribution >= 4 is 11.9 Å². The van der Waals surface area contributed by atoms with Crippen LogP contribution in [-0.2, 0) is 19.2 Å². The third-order valence-electron chi connectivity index (χ3n) is 1.29. The number of ether oxygens (including phenoxy) is 1. The summed E-state index contributed by atoms with van der Waals surface area (Å²) in [7, 11) is 1.21. The lowest BCUT2D eigenvalue weighted by Crippen LogP contribution is -2.26. The molecule has 0 atom stereocenters. The van der Waals surface area contributed by atoms with E-state index in [1.165, 1.54) is 13.2 Å². The number of nitrogens with one attached hydrogen (secondary N) is 1. The maximum Gasteiger partial charge on any atom is 0.374 e. The highest BCUT2D eigenvalue weighted by atomic mass is 16.7. The molecule has 0 aliphatic carbocycles. The van der Waals surface area contributed by atoms with E-state index < -0.39 is 11.9 Å². The fourth-order valence-electron chi connectivity index (χ4n) is 0.672. The topological polar surface area (TPSA) is 84.9 Å². The number of aliphatic carboxylic acids is 1. The average Bonchev–Trinajstić information content (AvgIpc) is 2.17. The zero-order chi connectivity index (χ0) is 9.84. The van der Waals surface area contributed by atoms with E-state index in [2.05, 4.69) is 15.1 Å². The molecule has 6 nitrogen and oxygen atoms in total. The molecule has 1 aliphatic rings. The van der Waals surface area contributed by atoms with Crippen molar-refractivity contribution in [3.63, 3.8) is 0 Å². The number of hydrogen-bond donors (Lipinski definition) is 2. The molecule has 0 saturated carbocycles. The van der Waals surface area contributed by atoms with Gasteiger partial charge in [0.2, 0.25) is 5.76 Å². The first-order chi connectivity index (χ1) is 6.15. The summed E-state index contributed by atoms with van der Waals surface area (Å²) in [6.07, 6.45) is 2.42. The molecule has 0 fully saturated rings. The zero-order valence-electron chi connectivity index (χ0n) is 6.73. The van der Waals surface area contributed by atoms with Crippen LogP contribution in [0.2, 0.25) is 0 Å². The minimum absolute atomic E-state index is 0.0486. The van der Waals surface area contributed by atoms with Crippen LogP contribution in [0.3, 0.4) is 0 Å². The van der Waals surface area contributed by atoms with Gasteiger partial charge in [-0.05, 0) is 12.2 Å². The number of hydrogen-bond acceptors (Lipinski definition) is 5. The minimum atomic E-state index is -1.22. The fourth-order valence-corrected chi connectivity index (χ4v) is 0.672. The van der Waals surface area contributed by atoms with E-state index in [9.17, 15) is 9.59 Å². The number of carbonyl (C=O) groups is 2. The molecule has 2 N–H and O–H groups in total. The Labute approximate surface area is 73.4 Å². The molecule has 70 valence electrons. The van der Waals surface area contributed by atoms with Crippen molar-refractivity contribution in [2.75, 3.05) is 7.11 Å². The van der Waals surface area contributed by atoms with Gasteiger partial charge in [0.15, 0.2) is 5.70 Å². The van der Waals surface area contributed by atoms with Crippen molar-refractivity contribution in [1.29, 1.82) is 0 Å². The van der Waals surface area contributed by atoms with Crippen LogP contribution in [0.1, 0.15) is 0 Å². The number of carbonyl (C=O) groups excluding carboxylic acids is 1. The van der Waals surface area contributed by atoms with E-state index in [4.69, 9.17) is 5.11 Å². The first-order valence-electron chi connectivity index (χ1n) is 3.31. The highest BCUT2D eigenvalue weighted by Crippen LogP contribution is 2.06. The molecule has 0 amide bonds. The third kappa shape index (κ3) is 1.98. The number of esters is 1. The number of hydroxylamine groups is 1. The first kappa shape index (κ1) is 9.11. The summed E-state index contributed by atoms with van der Waals surface area (Å²) in [6, 6.07) is 0. The molecule has 0 aromatic heterocycles. The van der Waals surface area contributed by atoms with Crippen LogP contribution in [0, 0.1) is 0 Å². The van der Waals surface area contributed by atoms with Crippen molar-refractivity contribution in [3.05, 3.63) is 23.6 Å². The van der Waals surface area contributed by atoms with Crippen molar-refractivity contribution in [2.45, 2.75) is 0 Å². The van der Waals surface area contributed by atoms with E-state index in [0.717, 1.165) is 6.08 Å². The molecule has 0 unspecified atom stereocenters. The number of carboxylic acids is 1. The second-order valence-corrected chi connectivity index (χ2v) is 2.11. The van der Waals surface area contributed by atoms with Gasteiger partial charge >= 0.3 is 11.9 Å². The van der Waals surface area contributed by atoms with Gasteiger partial charge in [0, 0.05) is 0 Å². The second kappa shape index (κ2) is 3.61. The van der Waals surface area contributed by atoms with Gasteiger partial charge < -0.3 is 14.7 Å². The predicted octanol–water partition coefficient (Wildman–Crippen LogP) is -0.453. The van der Waals surface area contributed by atoms with Crippen molar-refractivity contribution < 1.29 is 24.3 Å². The Hall–Kier alpha value is -1.98. The lowest BCUT2D eigenvalue weighted by atomic mass is 10.3. The zero-order valence-corrected chi connectivity index (χ0v) is 6.73. The van der Waals surface area contributed by atoms with Crippen LogP contribution in [0.15, 0.2) is 23.6 Å². The largest absolute Gasteiger partial charge is 0.475 e. The first-order valence-corrected chi connectivity index (χ1v) is 3.31. The molecule has 6 heteroatoms. The standard InChI is InChI=1S/C7H7NO5/c1-12-7(11)4-2-3-5(6(9)10)13-8-4/h2-3,8H,1H3,(H,9,10). The lowest BCUT2D eigenvalue weighted by molar-refractivity contribution is -0.142. The molecule has 13 heavy (non-hydrogen) atoms. The molecule has 1 heterocycles. The van der Waals surface area contributed by atoms with Gasteiger partial charge in [0.25, 0.3) is 0 Å². The van der Waals surface area contributed by atoms with Gasteiger partial charge in [-0.2, -0.15) is 0 Å². The van der Waals surface area contributed by atoms with E-state index in [0.29, 0.717) is 0 Å². The maximum absolute atomic E-state index is 10.8.